The number of hydrogen-bond acceptors (Lipinski definition) is 6. The van der Waals surface area contributed by atoms with Crippen molar-refractivity contribution in [3.05, 3.63) is 81.2 Å². The van der Waals surface area contributed by atoms with Gasteiger partial charge in [0, 0.05) is 17.8 Å². The van der Waals surface area contributed by atoms with E-state index in [1.165, 1.54) is 17.6 Å². The van der Waals surface area contributed by atoms with Crippen LogP contribution in [-0.4, -0.2) is 39.5 Å². The number of nitrogens with zero attached hydrogens (tertiary/aromatic N) is 4. The number of aryl methyl sites for hydroxylation is 1. The third-order valence-electron chi connectivity index (χ3n) is 5.59. The summed E-state index contributed by atoms with van der Waals surface area (Å²) in [5.41, 5.74) is 1.65. The summed E-state index contributed by atoms with van der Waals surface area (Å²) >= 11 is 0. The molecule has 35 heavy (non-hydrogen) atoms. The van der Waals surface area contributed by atoms with E-state index in [1.807, 2.05) is 26.8 Å². The minimum atomic E-state index is -0.685. The lowest BCUT2D eigenvalue weighted by atomic mass is 10.1. The fraction of sp³-hybridized carbons (Fsp3) is 0.269. The minimum Gasteiger partial charge on any atom is -0.497 e. The van der Waals surface area contributed by atoms with Crippen molar-refractivity contribution in [2.45, 2.75) is 33.7 Å². The summed E-state index contributed by atoms with van der Waals surface area (Å²) in [5.74, 6) is -0.754. The Hall–Kier alpha value is -4.27. The van der Waals surface area contributed by atoms with E-state index in [-0.39, 0.29) is 40.2 Å². The van der Waals surface area contributed by atoms with Gasteiger partial charge in [0.2, 0.25) is 0 Å². The molecule has 0 bridgehead atoms. The Kier molecular flexibility index (Phi) is 6.50. The van der Waals surface area contributed by atoms with Crippen molar-refractivity contribution in [1.82, 2.24) is 14.0 Å². The first kappa shape index (κ1) is 23.9. The summed E-state index contributed by atoms with van der Waals surface area (Å²) in [5, 5.41) is 0.220. The van der Waals surface area contributed by atoms with Crippen LogP contribution in [-0.2, 0) is 4.74 Å². The largest absolute Gasteiger partial charge is 0.497 e. The molecule has 0 aliphatic heterocycles. The number of amides is 1. The van der Waals surface area contributed by atoms with Crippen LogP contribution in [0, 0.1) is 6.92 Å². The van der Waals surface area contributed by atoms with Crippen molar-refractivity contribution < 1.29 is 19.1 Å². The predicted octanol–water partition coefficient (Wildman–Crippen LogP) is 3.46. The molecular formula is C26H26N4O5. The third-order valence-corrected chi connectivity index (χ3v) is 5.59. The van der Waals surface area contributed by atoms with Gasteiger partial charge in [-0.3, -0.25) is 14.0 Å². The molecule has 0 N–H and O–H groups in total. The Morgan fingerprint density at radius 1 is 1.11 bits per heavy atom. The summed E-state index contributed by atoms with van der Waals surface area (Å²) in [6.45, 7) is 7.39. The molecule has 0 unspecified atom stereocenters. The molecule has 0 aliphatic rings. The molecule has 3 aromatic heterocycles. The first-order valence-corrected chi connectivity index (χ1v) is 11.2. The average molecular weight is 475 g/mol. The van der Waals surface area contributed by atoms with Crippen molar-refractivity contribution >= 4 is 28.6 Å². The maximum atomic E-state index is 13.4. The summed E-state index contributed by atoms with van der Waals surface area (Å²) in [6, 6.07) is 11.3. The van der Waals surface area contributed by atoms with Crippen LogP contribution in [0.25, 0.3) is 16.7 Å². The Labute approximate surface area is 201 Å². The van der Waals surface area contributed by atoms with E-state index in [0.29, 0.717) is 17.0 Å². The number of aromatic nitrogens is 3. The third kappa shape index (κ3) is 4.32. The van der Waals surface area contributed by atoms with Gasteiger partial charge >= 0.3 is 5.97 Å². The van der Waals surface area contributed by atoms with Crippen LogP contribution in [0.1, 0.15) is 53.1 Å². The number of benzene rings is 1. The van der Waals surface area contributed by atoms with E-state index in [4.69, 9.17) is 14.5 Å². The lowest BCUT2D eigenvalue weighted by Crippen LogP contribution is -2.33. The Balaban J connectivity index is 2.14. The number of carbonyl (C=O) groups excluding carboxylic acids is 2. The molecule has 0 fully saturated rings. The van der Waals surface area contributed by atoms with Crippen LogP contribution >= 0.6 is 0 Å². The van der Waals surface area contributed by atoms with Crippen LogP contribution in [0.4, 0.5) is 0 Å². The molecule has 0 radical (unpaired) electrons. The molecule has 0 saturated carbocycles. The highest BCUT2D eigenvalue weighted by atomic mass is 16.5. The van der Waals surface area contributed by atoms with Gasteiger partial charge in [0.1, 0.15) is 22.6 Å². The summed E-state index contributed by atoms with van der Waals surface area (Å²) in [7, 11) is 1.51. The van der Waals surface area contributed by atoms with Gasteiger partial charge in [-0.1, -0.05) is 12.1 Å². The monoisotopic (exact) mass is 474 g/mol. The van der Waals surface area contributed by atoms with Crippen molar-refractivity contribution in [2.24, 2.45) is 4.99 Å². The van der Waals surface area contributed by atoms with Crippen molar-refractivity contribution in [3.8, 4) is 5.75 Å². The molecule has 180 valence electrons. The molecule has 4 rings (SSSR count). The molecule has 0 saturated heterocycles. The number of carbonyl (C=O) groups is 2. The van der Waals surface area contributed by atoms with E-state index < -0.39 is 11.9 Å². The lowest BCUT2D eigenvalue weighted by Gasteiger charge is -2.18. The zero-order valence-corrected chi connectivity index (χ0v) is 20.2. The van der Waals surface area contributed by atoms with Crippen LogP contribution < -0.4 is 15.8 Å². The number of rotatable bonds is 5. The molecule has 0 aliphatic carbocycles. The maximum absolute atomic E-state index is 13.4. The second kappa shape index (κ2) is 9.54. The Morgan fingerprint density at radius 3 is 2.57 bits per heavy atom. The number of esters is 1. The van der Waals surface area contributed by atoms with Gasteiger partial charge in [-0.2, -0.15) is 4.99 Å². The quantitative estimate of drug-likeness (QED) is 0.324. The zero-order valence-electron chi connectivity index (χ0n) is 20.2. The van der Waals surface area contributed by atoms with E-state index in [1.54, 1.807) is 48.0 Å². The molecule has 9 heteroatoms. The highest BCUT2D eigenvalue weighted by Crippen LogP contribution is 2.18. The summed E-state index contributed by atoms with van der Waals surface area (Å²) < 4.78 is 13.5. The fourth-order valence-corrected chi connectivity index (χ4v) is 3.93. The fourth-order valence-electron chi connectivity index (χ4n) is 3.93. The summed E-state index contributed by atoms with van der Waals surface area (Å²) in [4.78, 5) is 48.7. The van der Waals surface area contributed by atoms with Gasteiger partial charge in [0.15, 0.2) is 5.49 Å². The number of fused-ring (bicyclic) bond motifs is 2. The number of hydrogen-bond donors (Lipinski definition) is 0. The number of pyridine rings is 2. The van der Waals surface area contributed by atoms with Crippen molar-refractivity contribution in [1.29, 1.82) is 0 Å². The van der Waals surface area contributed by atoms with Gasteiger partial charge in [-0.25, -0.2) is 9.78 Å². The van der Waals surface area contributed by atoms with E-state index in [9.17, 15) is 14.4 Å². The van der Waals surface area contributed by atoms with Gasteiger partial charge in [0.25, 0.3) is 11.5 Å². The smallest absolute Gasteiger partial charge is 0.341 e. The molecule has 1 aromatic carbocycles. The topological polar surface area (TPSA) is 104 Å². The number of methoxy groups -OCH3 is 1. The SMILES string of the molecule is CCOC(=O)c1cc2c(=O)n3cccc(C)c3nc2n(C(C)C)c1=NC(=O)c1cccc(OC)c1. The summed E-state index contributed by atoms with van der Waals surface area (Å²) in [6.07, 6.45) is 1.63. The molecule has 9 nitrogen and oxygen atoms in total. The molecule has 0 atom stereocenters. The highest BCUT2D eigenvalue weighted by molar-refractivity contribution is 5.97. The zero-order chi connectivity index (χ0) is 25.3. The molecule has 3 heterocycles. The first-order valence-electron chi connectivity index (χ1n) is 11.2. The van der Waals surface area contributed by atoms with Gasteiger partial charge in [0.05, 0.1) is 19.1 Å². The normalized spacial score (nSPS) is 11.9. The van der Waals surface area contributed by atoms with Crippen LogP contribution in [0.15, 0.2) is 58.4 Å². The van der Waals surface area contributed by atoms with Gasteiger partial charge in [-0.15, -0.1) is 0 Å². The second-order valence-corrected chi connectivity index (χ2v) is 8.25. The van der Waals surface area contributed by atoms with Crippen molar-refractivity contribution in [2.75, 3.05) is 13.7 Å². The Bertz CT molecular complexity index is 1600. The first-order chi connectivity index (χ1) is 16.8. The van der Waals surface area contributed by atoms with Gasteiger partial charge < -0.3 is 14.0 Å². The lowest BCUT2D eigenvalue weighted by molar-refractivity contribution is 0.0523. The molecule has 1 amide bonds. The predicted molar refractivity (Wildman–Crippen MR) is 131 cm³/mol. The Morgan fingerprint density at radius 2 is 1.89 bits per heavy atom. The highest BCUT2D eigenvalue weighted by Gasteiger charge is 2.22. The van der Waals surface area contributed by atoms with E-state index >= 15 is 0 Å². The average Bonchev–Trinajstić information content (AvgIpc) is 2.84. The second-order valence-electron chi connectivity index (χ2n) is 8.25. The van der Waals surface area contributed by atoms with E-state index in [0.717, 1.165) is 5.56 Å². The van der Waals surface area contributed by atoms with Crippen LogP contribution in [0.2, 0.25) is 0 Å². The number of ether oxygens (including phenoxy) is 2. The standard InChI is InChI=1S/C26H26N4O5/c1-6-35-26(33)20-14-19-22(27-21-16(4)9-8-12-29(21)25(19)32)30(15(2)3)23(20)28-24(31)17-10-7-11-18(13-17)34-5/h7-15H,6H2,1-5H3. The van der Waals surface area contributed by atoms with Crippen LogP contribution in [0.5, 0.6) is 5.75 Å². The van der Waals surface area contributed by atoms with Crippen LogP contribution in [0.3, 0.4) is 0 Å². The molecule has 4 aromatic rings. The maximum Gasteiger partial charge on any atom is 0.341 e. The van der Waals surface area contributed by atoms with Crippen molar-refractivity contribution in [3.63, 3.8) is 0 Å². The minimum absolute atomic E-state index is 0.01000. The van der Waals surface area contributed by atoms with E-state index in [2.05, 4.69) is 4.99 Å². The van der Waals surface area contributed by atoms with Gasteiger partial charge in [-0.05, 0) is 63.6 Å². The molecule has 0 spiro atoms. The molecular weight excluding hydrogens is 448 g/mol.